The molecule has 1 fully saturated rings. The Balaban J connectivity index is 1.22. The number of nitrogens with zero attached hydrogens (tertiary/aromatic N) is 4. The summed E-state index contributed by atoms with van der Waals surface area (Å²) in [4.78, 5) is 10.6. The molecule has 1 aliphatic heterocycles. The maximum Gasteiger partial charge on any atom is 0.472 e. The fourth-order valence-electron chi connectivity index (χ4n) is 7.34. The van der Waals surface area contributed by atoms with Gasteiger partial charge in [0.05, 0.1) is 54.5 Å². The molecule has 0 radical (unpaired) electrons. The van der Waals surface area contributed by atoms with Crippen LogP contribution < -0.4 is 5.73 Å². The van der Waals surface area contributed by atoms with Crippen molar-refractivity contribution < 1.29 is 42.6 Å². The molecule has 5 N–H and O–H groups in total. The van der Waals surface area contributed by atoms with Crippen LogP contribution in [0.25, 0.3) is 5.52 Å². The number of ether oxygens (including phenoxy) is 2. The number of aliphatic hydroxyl groups is 2. The van der Waals surface area contributed by atoms with E-state index in [4.69, 9.17) is 24.3 Å². The highest BCUT2D eigenvalue weighted by molar-refractivity contribution is 7.47. The van der Waals surface area contributed by atoms with Crippen molar-refractivity contribution in [3.63, 3.8) is 0 Å². The van der Waals surface area contributed by atoms with Crippen molar-refractivity contribution in [3.8, 4) is 12.1 Å². The van der Waals surface area contributed by atoms with Gasteiger partial charge in [0.2, 0.25) is 5.60 Å². The van der Waals surface area contributed by atoms with Crippen LogP contribution in [0.4, 0.5) is 10.1 Å². The number of nitriles is 2. The lowest BCUT2D eigenvalue weighted by atomic mass is 9.92. The van der Waals surface area contributed by atoms with Crippen molar-refractivity contribution in [2.75, 3.05) is 18.9 Å². The second-order valence-corrected chi connectivity index (χ2v) is 16.6. The molecule has 0 amide bonds. The molecule has 1 aliphatic rings. The molecule has 0 spiro atoms. The summed E-state index contributed by atoms with van der Waals surface area (Å²) in [6, 6.07) is 12.4. The number of phosphoric acid groups is 1. The molecule has 15 heteroatoms. The highest BCUT2D eigenvalue weighted by Crippen LogP contribution is 2.46. The maximum absolute atomic E-state index is 14.1. The Kier molecular flexibility index (Phi) is 19.4. The van der Waals surface area contributed by atoms with Crippen molar-refractivity contribution in [1.82, 2.24) is 9.61 Å². The predicted octanol–water partition coefficient (Wildman–Crippen LogP) is 8.53. The van der Waals surface area contributed by atoms with Gasteiger partial charge in [-0.1, -0.05) is 116 Å². The largest absolute Gasteiger partial charge is 0.472 e. The number of nitrogens with two attached hydrogens (primary N) is 1. The zero-order valence-corrected chi connectivity index (χ0v) is 34.2. The lowest BCUT2D eigenvalue weighted by molar-refractivity contribution is -0.0658. The van der Waals surface area contributed by atoms with E-state index >= 15 is 0 Å². The monoisotopic (exact) mass is 813 g/mol. The first kappa shape index (κ1) is 46.3. The smallest absolute Gasteiger partial charge is 0.397 e. The van der Waals surface area contributed by atoms with E-state index in [1.807, 2.05) is 12.1 Å². The van der Waals surface area contributed by atoms with Crippen LogP contribution in [0.15, 0.2) is 42.6 Å². The van der Waals surface area contributed by atoms with Gasteiger partial charge in [0.15, 0.2) is 0 Å². The average molecular weight is 814 g/mol. The molecule has 3 aromatic rings. The van der Waals surface area contributed by atoms with Crippen molar-refractivity contribution in [1.29, 1.82) is 10.5 Å². The first-order valence-corrected chi connectivity index (χ1v) is 22.1. The van der Waals surface area contributed by atoms with Gasteiger partial charge in [0.25, 0.3) is 0 Å². The zero-order valence-electron chi connectivity index (χ0n) is 33.3. The van der Waals surface area contributed by atoms with Crippen molar-refractivity contribution in [2.45, 2.75) is 159 Å². The third-order valence-electron chi connectivity index (χ3n) is 10.6. The molecule has 1 aromatic carbocycles. The molecule has 1 saturated heterocycles. The van der Waals surface area contributed by atoms with Crippen molar-refractivity contribution in [2.24, 2.45) is 0 Å². The molecule has 3 heterocycles. The van der Waals surface area contributed by atoms with Gasteiger partial charge in [-0.05, 0) is 48.4 Å². The molecular formula is C42H61FN5O8P. The summed E-state index contributed by atoms with van der Waals surface area (Å²) in [5.41, 5.74) is 5.44. The van der Waals surface area contributed by atoms with E-state index in [9.17, 15) is 34.6 Å². The first-order valence-electron chi connectivity index (χ1n) is 20.6. The standard InChI is InChI=1S/C42H61FN5O8P/c1-2-3-4-5-6-7-8-9-10-11-12-13-14-15-16-17-18-19-35(53-28-33-24-32(27-44)25-34(43)26-33)29-54-57(51,52)55-30-38-40(49)41(50)42(31-45,56-38)39-21-20-37-36(46)22-23-47-48(37)39/h20-26,35,38,40-41,49-50H,2-19,28-30,46H2,1H3,(H,51,52)/t35-,38-,40-,41-,42+/m1/s1. The van der Waals surface area contributed by atoms with Gasteiger partial charge in [-0.25, -0.2) is 13.5 Å². The van der Waals surface area contributed by atoms with E-state index in [0.29, 0.717) is 23.2 Å². The van der Waals surface area contributed by atoms with Crippen LogP contribution in [0.5, 0.6) is 0 Å². The van der Waals surface area contributed by atoms with Gasteiger partial charge < -0.3 is 30.3 Å². The van der Waals surface area contributed by atoms with Gasteiger partial charge in [0.1, 0.15) is 30.2 Å². The molecule has 314 valence electrons. The Bertz CT molecular complexity index is 1800. The number of anilines is 1. The number of hydrogen-bond donors (Lipinski definition) is 4. The summed E-state index contributed by atoms with van der Waals surface area (Å²) in [6.07, 6.45) is 17.4. The van der Waals surface area contributed by atoms with Crippen molar-refractivity contribution in [3.05, 3.63) is 65.2 Å². The highest BCUT2D eigenvalue weighted by Gasteiger charge is 2.58. The van der Waals surface area contributed by atoms with Crippen LogP contribution in [-0.2, 0) is 35.3 Å². The Hall–Kier alpha value is -3.43. The number of hydrogen-bond acceptors (Lipinski definition) is 11. The molecule has 0 bridgehead atoms. The Morgan fingerprint density at radius 3 is 2.14 bits per heavy atom. The van der Waals surface area contributed by atoms with Crippen LogP contribution >= 0.6 is 7.82 Å². The summed E-state index contributed by atoms with van der Waals surface area (Å²) >= 11 is 0. The third kappa shape index (κ3) is 14.1. The van der Waals surface area contributed by atoms with E-state index in [1.165, 1.54) is 112 Å². The van der Waals surface area contributed by atoms with E-state index < -0.39 is 50.3 Å². The number of halogens is 1. The minimum atomic E-state index is -4.77. The normalized spacial score (nSPS) is 21.0. The number of unbranched alkanes of at least 4 members (excludes halogenated alkanes) is 16. The van der Waals surface area contributed by atoms with E-state index in [2.05, 4.69) is 12.0 Å². The summed E-state index contributed by atoms with van der Waals surface area (Å²) in [5.74, 6) is -0.575. The molecule has 57 heavy (non-hydrogen) atoms. The average Bonchev–Trinajstić information content (AvgIpc) is 3.75. The first-order chi connectivity index (χ1) is 27.5. The van der Waals surface area contributed by atoms with Gasteiger partial charge in [-0.3, -0.25) is 9.05 Å². The van der Waals surface area contributed by atoms with E-state index in [1.54, 1.807) is 12.1 Å². The van der Waals surface area contributed by atoms with Crippen molar-refractivity contribution >= 4 is 19.0 Å². The van der Waals surface area contributed by atoms with Gasteiger partial charge in [0, 0.05) is 6.20 Å². The second-order valence-electron chi connectivity index (χ2n) is 15.1. The van der Waals surface area contributed by atoms with Crippen LogP contribution in [-0.4, -0.2) is 62.4 Å². The summed E-state index contributed by atoms with van der Waals surface area (Å²) < 4.78 is 50.8. The number of benzene rings is 1. The summed E-state index contributed by atoms with van der Waals surface area (Å²) in [5, 5.41) is 45.4. The Morgan fingerprint density at radius 1 is 0.930 bits per heavy atom. The molecule has 4 rings (SSSR count). The SMILES string of the molecule is CCCCCCCCCCCCCCCCCCC[C@H](COP(=O)(O)OC[C@H]1O[C@@](C#N)(c2ccc3c(N)ccnn23)[C@H](O)[C@@H]1O)OCc1cc(F)cc(C#N)c1. The van der Waals surface area contributed by atoms with Gasteiger partial charge >= 0.3 is 7.82 Å². The molecule has 0 aliphatic carbocycles. The zero-order chi connectivity index (χ0) is 41.1. The molecular weight excluding hydrogens is 752 g/mol. The lowest BCUT2D eigenvalue weighted by Crippen LogP contribution is -2.41. The van der Waals surface area contributed by atoms with Crippen LogP contribution in [0, 0.1) is 28.5 Å². The fourth-order valence-corrected chi connectivity index (χ4v) is 8.11. The predicted molar refractivity (Wildman–Crippen MR) is 214 cm³/mol. The number of rotatable bonds is 28. The van der Waals surface area contributed by atoms with Crippen LogP contribution in [0.3, 0.4) is 0 Å². The second kappa shape index (κ2) is 23.8. The maximum atomic E-state index is 14.1. The van der Waals surface area contributed by atoms with Gasteiger partial charge in [-0.15, -0.1) is 0 Å². The van der Waals surface area contributed by atoms with Gasteiger partial charge in [-0.2, -0.15) is 15.6 Å². The van der Waals surface area contributed by atoms with E-state index in [0.717, 1.165) is 31.7 Å². The lowest BCUT2D eigenvalue weighted by Gasteiger charge is -2.24. The number of fused-ring (bicyclic) bond motifs is 1. The molecule has 1 unspecified atom stereocenters. The fraction of sp³-hybridized carbons (Fsp3) is 0.643. The number of aliphatic hydroxyl groups excluding tert-OH is 2. The Labute approximate surface area is 336 Å². The van der Waals surface area contributed by atoms with Crippen LogP contribution in [0.2, 0.25) is 0 Å². The third-order valence-corrected chi connectivity index (χ3v) is 11.6. The summed E-state index contributed by atoms with van der Waals surface area (Å²) in [6.45, 7) is 1.16. The van der Waals surface area contributed by atoms with Crippen LogP contribution in [0.1, 0.15) is 139 Å². The minimum Gasteiger partial charge on any atom is -0.397 e. The number of aromatic nitrogens is 2. The highest BCUT2D eigenvalue weighted by atomic mass is 31.2. The Morgan fingerprint density at radius 2 is 1.54 bits per heavy atom. The van der Waals surface area contributed by atoms with E-state index in [-0.39, 0.29) is 24.5 Å². The number of phosphoric ester groups is 1. The topological polar surface area (TPSA) is 206 Å². The number of nitrogen functional groups attached to an aromatic ring is 1. The molecule has 13 nitrogen and oxygen atoms in total. The quantitative estimate of drug-likeness (QED) is 0.0402. The molecule has 6 atom stereocenters. The molecule has 0 saturated carbocycles. The molecule has 2 aromatic heterocycles. The summed E-state index contributed by atoms with van der Waals surface area (Å²) in [7, 11) is -4.77. The minimum absolute atomic E-state index is 0.0544.